The molecule has 1 N–H and O–H groups in total. The van der Waals surface area contributed by atoms with E-state index >= 15 is 0 Å². The minimum absolute atomic E-state index is 0.142. The number of amides is 1. The fourth-order valence-electron chi connectivity index (χ4n) is 4.58. The van der Waals surface area contributed by atoms with E-state index < -0.39 is 5.97 Å². The van der Waals surface area contributed by atoms with Crippen molar-refractivity contribution in [1.29, 1.82) is 0 Å². The van der Waals surface area contributed by atoms with Gasteiger partial charge in [-0.3, -0.25) is 4.79 Å². The van der Waals surface area contributed by atoms with Crippen molar-refractivity contribution in [1.82, 2.24) is 9.88 Å². The van der Waals surface area contributed by atoms with Crippen molar-refractivity contribution in [3.05, 3.63) is 68.2 Å². The first kappa shape index (κ1) is 22.9. The fraction of sp³-hybridized carbons (Fsp3) is 0.360. The van der Waals surface area contributed by atoms with Crippen molar-refractivity contribution in [3.8, 4) is 11.5 Å². The number of hydrogen-bond acceptors (Lipinski definition) is 6. The lowest BCUT2D eigenvalue weighted by atomic mass is 9.90. The Morgan fingerprint density at radius 2 is 1.91 bits per heavy atom. The highest BCUT2D eigenvalue weighted by atomic mass is 32.1. The molecular weight excluding hydrogens is 440 g/mol. The highest BCUT2D eigenvalue weighted by molar-refractivity contribution is 7.10. The Balaban J connectivity index is 1.82. The first-order valence-corrected chi connectivity index (χ1v) is 11.7. The van der Waals surface area contributed by atoms with Crippen LogP contribution in [0.1, 0.15) is 61.1 Å². The number of thiophene rings is 1. The van der Waals surface area contributed by atoms with Gasteiger partial charge in [0.25, 0.3) is 5.91 Å². The second-order valence-corrected chi connectivity index (χ2v) is 8.88. The minimum atomic E-state index is -0.435. The van der Waals surface area contributed by atoms with Gasteiger partial charge in [0.05, 0.1) is 32.9 Å². The molecule has 2 aromatic heterocycles. The molecule has 174 valence electrons. The highest BCUT2D eigenvalue weighted by Crippen LogP contribution is 2.43. The molecule has 3 heterocycles. The number of methoxy groups -OCH3 is 3. The SMILES string of the molecule is CCc1[nH]c(C(=O)N2CCc3cc(OC)c(OC)cc3C2c2cccs2)c(C)c1C(=O)OC. The van der Waals surface area contributed by atoms with E-state index in [-0.39, 0.29) is 11.9 Å². The van der Waals surface area contributed by atoms with Gasteiger partial charge in [-0.15, -0.1) is 11.3 Å². The largest absolute Gasteiger partial charge is 0.493 e. The summed E-state index contributed by atoms with van der Waals surface area (Å²) in [5.41, 5.74) is 4.34. The minimum Gasteiger partial charge on any atom is -0.493 e. The number of aromatic amines is 1. The molecular formula is C25H28N2O5S. The molecule has 8 heteroatoms. The predicted molar refractivity (Wildman–Crippen MR) is 127 cm³/mol. The van der Waals surface area contributed by atoms with Crippen LogP contribution in [-0.2, 0) is 17.6 Å². The summed E-state index contributed by atoms with van der Waals surface area (Å²) >= 11 is 1.61. The van der Waals surface area contributed by atoms with E-state index in [0.29, 0.717) is 53.4 Å². The Bertz CT molecular complexity index is 1180. The number of fused-ring (bicyclic) bond motifs is 1. The predicted octanol–water partition coefficient (Wildman–Crippen LogP) is 4.54. The van der Waals surface area contributed by atoms with E-state index in [2.05, 4.69) is 4.98 Å². The number of aryl methyl sites for hydroxylation is 1. The van der Waals surface area contributed by atoms with Crippen molar-refractivity contribution in [3.63, 3.8) is 0 Å². The maximum absolute atomic E-state index is 13.9. The van der Waals surface area contributed by atoms with Crippen LogP contribution in [0.2, 0.25) is 0 Å². The van der Waals surface area contributed by atoms with Crippen LogP contribution in [0.25, 0.3) is 0 Å². The molecule has 0 saturated carbocycles. The van der Waals surface area contributed by atoms with Gasteiger partial charge >= 0.3 is 5.97 Å². The van der Waals surface area contributed by atoms with Gasteiger partial charge in [0.15, 0.2) is 11.5 Å². The van der Waals surface area contributed by atoms with Crippen molar-refractivity contribution in [2.75, 3.05) is 27.9 Å². The van der Waals surface area contributed by atoms with Crippen molar-refractivity contribution in [2.24, 2.45) is 0 Å². The number of rotatable bonds is 6. The number of ether oxygens (including phenoxy) is 3. The van der Waals surface area contributed by atoms with E-state index in [4.69, 9.17) is 14.2 Å². The molecule has 1 aliphatic rings. The molecule has 33 heavy (non-hydrogen) atoms. The number of benzene rings is 1. The number of carbonyl (C=O) groups is 2. The van der Waals surface area contributed by atoms with E-state index in [1.165, 1.54) is 7.11 Å². The number of esters is 1. The van der Waals surface area contributed by atoms with E-state index in [0.717, 1.165) is 16.0 Å². The number of aromatic nitrogens is 1. The molecule has 0 fully saturated rings. The zero-order valence-electron chi connectivity index (χ0n) is 19.5. The molecule has 4 rings (SSSR count). The van der Waals surface area contributed by atoms with E-state index in [1.807, 2.05) is 41.5 Å². The molecule has 0 spiro atoms. The third-order valence-electron chi connectivity index (χ3n) is 6.23. The summed E-state index contributed by atoms with van der Waals surface area (Å²) in [6, 6.07) is 7.73. The lowest BCUT2D eigenvalue weighted by Crippen LogP contribution is -2.40. The molecule has 1 atom stereocenters. The van der Waals surface area contributed by atoms with Gasteiger partial charge in [-0.25, -0.2) is 4.79 Å². The Labute approximate surface area is 197 Å². The monoisotopic (exact) mass is 468 g/mol. The summed E-state index contributed by atoms with van der Waals surface area (Å²) in [6.45, 7) is 4.27. The zero-order chi connectivity index (χ0) is 23.7. The first-order valence-electron chi connectivity index (χ1n) is 10.8. The van der Waals surface area contributed by atoms with Crippen LogP contribution < -0.4 is 9.47 Å². The topological polar surface area (TPSA) is 80.9 Å². The summed E-state index contributed by atoms with van der Waals surface area (Å²) in [4.78, 5) is 32.4. The Morgan fingerprint density at radius 3 is 2.52 bits per heavy atom. The van der Waals surface area contributed by atoms with Gasteiger partial charge < -0.3 is 24.1 Å². The second-order valence-electron chi connectivity index (χ2n) is 7.90. The average molecular weight is 469 g/mol. The number of nitrogens with one attached hydrogen (secondary N) is 1. The van der Waals surface area contributed by atoms with Crippen LogP contribution in [0.3, 0.4) is 0 Å². The van der Waals surface area contributed by atoms with Crippen LogP contribution in [0.15, 0.2) is 29.6 Å². The van der Waals surface area contributed by atoms with E-state index in [1.54, 1.807) is 32.5 Å². The molecule has 1 aliphatic heterocycles. The summed E-state index contributed by atoms with van der Waals surface area (Å²) in [5.74, 6) is 0.729. The molecule has 1 aromatic carbocycles. The third-order valence-corrected chi connectivity index (χ3v) is 7.16. The number of nitrogens with zero attached hydrogens (tertiary/aromatic N) is 1. The number of carbonyl (C=O) groups excluding carboxylic acids is 2. The van der Waals surface area contributed by atoms with Gasteiger partial charge in [-0.05, 0) is 60.0 Å². The lowest BCUT2D eigenvalue weighted by Gasteiger charge is -2.37. The summed E-state index contributed by atoms with van der Waals surface area (Å²) in [7, 11) is 4.59. The summed E-state index contributed by atoms with van der Waals surface area (Å²) in [6.07, 6.45) is 1.28. The Kier molecular flexibility index (Phi) is 6.47. The van der Waals surface area contributed by atoms with Crippen molar-refractivity contribution >= 4 is 23.2 Å². The van der Waals surface area contributed by atoms with Gasteiger partial charge in [0, 0.05) is 17.1 Å². The molecule has 7 nitrogen and oxygen atoms in total. The van der Waals surface area contributed by atoms with Gasteiger partial charge in [-0.2, -0.15) is 0 Å². The molecule has 3 aromatic rings. The van der Waals surface area contributed by atoms with Gasteiger partial charge in [0.2, 0.25) is 0 Å². The zero-order valence-corrected chi connectivity index (χ0v) is 20.3. The fourth-order valence-corrected chi connectivity index (χ4v) is 5.43. The van der Waals surface area contributed by atoms with Crippen LogP contribution in [0, 0.1) is 6.92 Å². The van der Waals surface area contributed by atoms with Gasteiger partial charge in [0.1, 0.15) is 5.69 Å². The second kappa shape index (κ2) is 9.31. The number of hydrogen-bond donors (Lipinski definition) is 1. The van der Waals surface area contributed by atoms with Crippen LogP contribution in [0.5, 0.6) is 11.5 Å². The molecule has 0 aliphatic carbocycles. The Morgan fingerprint density at radius 1 is 1.18 bits per heavy atom. The van der Waals surface area contributed by atoms with Gasteiger partial charge in [-0.1, -0.05) is 13.0 Å². The molecule has 1 unspecified atom stereocenters. The van der Waals surface area contributed by atoms with Crippen LogP contribution >= 0.6 is 11.3 Å². The lowest BCUT2D eigenvalue weighted by molar-refractivity contribution is 0.0599. The van der Waals surface area contributed by atoms with Crippen LogP contribution in [-0.4, -0.2) is 49.6 Å². The maximum Gasteiger partial charge on any atom is 0.339 e. The quantitative estimate of drug-likeness (QED) is 0.537. The first-order chi connectivity index (χ1) is 15.9. The van der Waals surface area contributed by atoms with E-state index in [9.17, 15) is 9.59 Å². The van der Waals surface area contributed by atoms with Crippen LogP contribution in [0.4, 0.5) is 0 Å². The molecule has 1 amide bonds. The molecule has 0 saturated heterocycles. The molecule has 0 radical (unpaired) electrons. The van der Waals surface area contributed by atoms with Crippen molar-refractivity contribution < 1.29 is 23.8 Å². The Hall–Kier alpha value is -3.26. The highest BCUT2D eigenvalue weighted by Gasteiger charge is 2.36. The third kappa shape index (κ3) is 3.88. The molecule has 0 bridgehead atoms. The standard InChI is InChI=1S/C25H28N2O5S/c1-6-17-21(25(29)32-5)14(2)22(26-17)24(28)27-10-9-15-12-18(30-3)19(31-4)13-16(15)23(27)20-8-7-11-33-20/h7-8,11-13,23,26H,6,9-10H2,1-5H3. The maximum atomic E-state index is 13.9. The smallest absolute Gasteiger partial charge is 0.339 e. The average Bonchev–Trinajstić information content (AvgIpc) is 3.49. The summed E-state index contributed by atoms with van der Waals surface area (Å²) in [5, 5.41) is 2.01. The normalized spacial score (nSPS) is 15.2. The summed E-state index contributed by atoms with van der Waals surface area (Å²) < 4.78 is 16.0. The van der Waals surface area contributed by atoms with Crippen molar-refractivity contribution in [2.45, 2.75) is 32.7 Å². The number of H-pyrrole nitrogens is 1.